The lowest BCUT2D eigenvalue weighted by molar-refractivity contribution is 0.0485. The summed E-state index contributed by atoms with van der Waals surface area (Å²) < 4.78 is 5.29. The zero-order chi connectivity index (χ0) is 8.97. The summed E-state index contributed by atoms with van der Waals surface area (Å²) in [4.78, 5) is 0. The second-order valence-corrected chi connectivity index (χ2v) is 2.84. The third-order valence-corrected chi connectivity index (χ3v) is 1.92. The van der Waals surface area contributed by atoms with E-state index in [0.29, 0.717) is 6.61 Å². The average Bonchev–Trinajstić information content (AvgIpc) is 2.07. The Morgan fingerprint density at radius 2 is 2.17 bits per heavy atom. The maximum absolute atomic E-state index is 8.59. The molecule has 0 aliphatic carbocycles. The normalized spacial score (nSPS) is 22.6. The molecule has 0 saturated carbocycles. The Morgan fingerprint density at radius 3 is 2.67 bits per heavy atom. The van der Waals surface area contributed by atoms with Crippen LogP contribution in [0.2, 0.25) is 0 Å². The van der Waals surface area contributed by atoms with Crippen LogP contribution < -0.4 is 0 Å². The van der Waals surface area contributed by atoms with Crippen molar-refractivity contribution in [1.29, 1.82) is 10.5 Å². The van der Waals surface area contributed by atoms with Crippen molar-refractivity contribution >= 4 is 0 Å². The first-order chi connectivity index (χ1) is 5.77. The van der Waals surface area contributed by atoms with Crippen LogP contribution in [0.3, 0.4) is 0 Å². The first-order valence-electron chi connectivity index (χ1n) is 3.91. The van der Waals surface area contributed by atoms with Gasteiger partial charge in [0.1, 0.15) is 17.7 Å². The van der Waals surface area contributed by atoms with E-state index in [0.717, 1.165) is 18.4 Å². The molecule has 3 nitrogen and oxygen atoms in total. The highest BCUT2D eigenvalue weighted by Gasteiger charge is 2.16. The minimum atomic E-state index is 0.144. The van der Waals surface area contributed by atoms with Gasteiger partial charge in [0.25, 0.3) is 0 Å². The van der Waals surface area contributed by atoms with Gasteiger partial charge in [0.2, 0.25) is 0 Å². The standard InChI is InChI=1S/C9H10N2O/c1-7-4-8(2-3-12-7)9(5-10)6-11/h7H,2-4H2,1H3. The van der Waals surface area contributed by atoms with E-state index in [1.54, 1.807) is 0 Å². The fourth-order valence-corrected chi connectivity index (χ4v) is 1.30. The van der Waals surface area contributed by atoms with E-state index in [1.807, 2.05) is 19.1 Å². The second-order valence-electron chi connectivity index (χ2n) is 2.84. The van der Waals surface area contributed by atoms with Gasteiger partial charge < -0.3 is 4.74 Å². The predicted molar refractivity (Wildman–Crippen MR) is 42.9 cm³/mol. The van der Waals surface area contributed by atoms with Gasteiger partial charge in [-0.3, -0.25) is 0 Å². The van der Waals surface area contributed by atoms with Crippen molar-refractivity contribution in [2.45, 2.75) is 25.9 Å². The summed E-state index contributed by atoms with van der Waals surface area (Å²) in [7, 11) is 0. The van der Waals surface area contributed by atoms with Gasteiger partial charge in [-0.05, 0) is 25.3 Å². The Morgan fingerprint density at radius 1 is 1.50 bits per heavy atom. The van der Waals surface area contributed by atoms with Crippen LogP contribution in [-0.2, 0) is 4.74 Å². The highest BCUT2D eigenvalue weighted by Crippen LogP contribution is 2.21. The van der Waals surface area contributed by atoms with Crippen molar-refractivity contribution in [3.63, 3.8) is 0 Å². The molecule has 3 heteroatoms. The fraction of sp³-hybridized carbons (Fsp3) is 0.556. The van der Waals surface area contributed by atoms with E-state index >= 15 is 0 Å². The largest absolute Gasteiger partial charge is 0.378 e. The van der Waals surface area contributed by atoms with Crippen LogP contribution in [0.15, 0.2) is 11.1 Å². The third-order valence-electron chi connectivity index (χ3n) is 1.92. The molecule has 1 heterocycles. The number of nitriles is 2. The molecule has 0 aromatic carbocycles. The zero-order valence-corrected chi connectivity index (χ0v) is 7.00. The van der Waals surface area contributed by atoms with Gasteiger partial charge >= 0.3 is 0 Å². The number of rotatable bonds is 0. The molecule has 1 saturated heterocycles. The summed E-state index contributed by atoms with van der Waals surface area (Å²) in [5, 5.41) is 17.2. The quantitative estimate of drug-likeness (QED) is 0.507. The number of nitrogens with zero attached hydrogens (tertiary/aromatic N) is 2. The molecule has 0 amide bonds. The Hall–Kier alpha value is -1.32. The summed E-state index contributed by atoms with van der Waals surface area (Å²) in [5.41, 5.74) is 1.21. The minimum absolute atomic E-state index is 0.144. The molecule has 0 aromatic heterocycles. The predicted octanol–water partition coefficient (Wildman–Crippen LogP) is 1.53. The molecule has 1 atom stereocenters. The van der Waals surface area contributed by atoms with E-state index in [4.69, 9.17) is 15.3 Å². The van der Waals surface area contributed by atoms with Crippen molar-refractivity contribution in [1.82, 2.24) is 0 Å². The number of allylic oxidation sites excluding steroid dienone is 1. The Kier molecular flexibility index (Phi) is 2.85. The monoisotopic (exact) mass is 162 g/mol. The highest BCUT2D eigenvalue weighted by molar-refractivity contribution is 5.40. The zero-order valence-electron chi connectivity index (χ0n) is 7.00. The van der Waals surface area contributed by atoms with Crippen molar-refractivity contribution in [2.75, 3.05) is 6.61 Å². The van der Waals surface area contributed by atoms with Crippen LogP contribution >= 0.6 is 0 Å². The first kappa shape index (κ1) is 8.77. The maximum atomic E-state index is 8.59. The minimum Gasteiger partial charge on any atom is -0.378 e. The summed E-state index contributed by atoms with van der Waals surface area (Å²) in [6, 6.07) is 3.81. The molecule has 1 unspecified atom stereocenters. The lowest BCUT2D eigenvalue weighted by Gasteiger charge is -2.21. The molecule has 62 valence electrons. The average molecular weight is 162 g/mol. The van der Waals surface area contributed by atoms with E-state index in [9.17, 15) is 0 Å². The summed E-state index contributed by atoms with van der Waals surface area (Å²) >= 11 is 0. The summed E-state index contributed by atoms with van der Waals surface area (Å²) in [6.45, 7) is 2.58. The smallest absolute Gasteiger partial charge is 0.129 e. The van der Waals surface area contributed by atoms with E-state index in [2.05, 4.69) is 0 Å². The second kappa shape index (κ2) is 3.90. The van der Waals surface area contributed by atoms with Gasteiger partial charge in [-0.2, -0.15) is 10.5 Å². The van der Waals surface area contributed by atoms with Gasteiger partial charge in [-0.25, -0.2) is 0 Å². The van der Waals surface area contributed by atoms with E-state index in [1.165, 1.54) is 0 Å². The van der Waals surface area contributed by atoms with Crippen LogP contribution in [0.4, 0.5) is 0 Å². The van der Waals surface area contributed by atoms with Crippen molar-refractivity contribution in [3.05, 3.63) is 11.1 Å². The van der Waals surface area contributed by atoms with Crippen LogP contribution in [0, 0.1) is 22.7 Å². The maximum Gasteiger partial charge on any atom is 0.129 e. The van der Waals surface area contributed by atoms with Gasteiger partial charge in [0.05, 0.1) is 12.7 Å². The van der Waals surface area contributed by atoms with Gasteiger partial charge in [-0.1, -0.05) is 0 Å². The molecule has 0 N–H and O–H groups in total. The molecule has 1 aliphatic heterocycles. The summed E-state index contributed by atoms with van der Waals surface area (Å²) in [5.74, 6) is 0. The Bertz CT molecular complexity index is 264. The van der Waals surface area contributed by atoms with Crippen LogP contribution in [-0.4, -0.2) is 12.7 Å². The fourth-order valence-electron chi connectivity index (χ4n) is 1.30. The van der Waals surface area contributed by atoms with Gasteiger partial charge in [0.15, 0.2) is 0 Å². The molecule has 0 aromatic rings. The Balaban J connectivity index is 2.81. The van der Waals surface area contributed by atoms with E-state index in [-0.39, 0.29) is 11.7 Å². The topological polar surface area (TPSA) is 56.8 Å². The lowest BCUT2D eigenvalue weighted by Crippen LogP contribution is -2.17. The lowest BCUT2D eigenvalue weighted by atomic mass is 9.99. The van der Waals surface area contributed by atoms with Crippen LogP contribution in [0.5, 0.6) is 0 Å². The third kappa shape index (κ3) is 1.84. The number of hydrogen-bond acceptors (Lipinski definition) is 3. The number of ether oxygens (including phenoxy) is 1. The van der Waals surface area contributed by atoms with Gasteiger partial charge in [-0.15, -0.1) is 0 Å². The molecule has 0 bridgehead atoms. The molecule has 12 heavy (non-hydrogen) atoms. The number of hydrogen-bond donors (Lipinski definition) is 0. The molecular weight excluding hydrogens is 152 g/mol. The molecule has 0 spiro atoms. The summed E-state index contributed by atoms with van der Waals surface area (Å²) in [6.07, 6.45) is 1.59. The molecule has 1 fully saturated rings. The molecule has 0 radical (unpaired) electrons. The van der Waals surface area contributed by atoms with Crippen molar-refractivity contribution in [2.24, 2.45) is 0 Å². The highest BCUT2D eigenvalue weighted by atomic mass is 16.5. The molecule has 1 rings (SSSR count). The Labute approximate surface area is 71.9 Å². The van der Waals surface area contributed by atoms with Crippen LogP contribution in [0.25, 0.3) is 0 Å². The van der Waals surface area contributed by atoms with E-state index < -0.39 is 0 Å². The van der Waals surface area contributed by atoms with Crippen molar-refractivity contribution < 1.29 is 4.74 Å². The molecular formula is C9H10N2O. The first-order valence-corrected chi connectivity index (χ1v) is 3.91. The SMILES string of the molecule is CC1CC(=C(C#N)C#N)CCO1. The van der Waals surface area contributed by atoms with Crippen molar-refractivity contribution in [3.8, 4) is 12.1 Å². The van der Waals surface area contributed by atoms with Gasteiger partial charge in [0, 0.05) is 0 Å². The molecule has 1 aliphatic rings. The van der Waals surface area contributed by atoms with Crippen LogP contribution in [0.1, 0.15) is 19.8 Å².